The summed E-state index contributed by atoms with van der Waals surface area (Å²) in [7, 11) is 1.39. The van der Waals surface area contributed by atoms with E-state index in [1.165, 1.54) is 24.1 Å². The van der Waals surface area contributed by atoms with Crippen LogP contribution < -0.4 is 10.6 Å². The van der Waals surface area contributed by atoms with Crippen molar-refractivity contribution in [3.63, 3.8) is 0 Å². The number of halogens is 2. The molecule has 0 aliphatic heterocycles. The Morgan fingerprint density at radius 1 is 1.29 bits per heavy atom. The first-order valence-electron chi connectivity index (χ1n) is 9.73. The standard InChI is InChI=1S/C21H20BrFN4O2S2/c1-29-20(28)17-14-4-2-3-5-16(14)31-19(17)25-21(30)24-18-15(22)11-27(26-18)10-12-6-8-13(23)9-7-12/h6-9,11H,2-5,10H2,1H3,(H2,24,25,26,30). The number of thiocarbonyl (C=S) groups is 1. The number of aromatic nitrogens is 2. The van der Waals surface area contributed by atoms with Crippen molar-refractivity contribution in [2.75, 3.05) is 17.7 Å². The highest BCUT2D eigenvalue weighted by atomic mass is 79.9. The fourth-order valence-electron chi connectivity index (χ4n) is 3.55. The quantitative estimate of drug-likeness (QED) is 0.346. The lowest BCUT2D eigenvalue weighted by Gasteiger charge is -2.12. The van der Waals surface area contributed by atoms with Crippen molar-refractivity contribution in [1.82, 2.24) is 9.78 Å². The van der Waals surface area contributed by atoms with Crippen LogP contribution in [0.3, 0.4) is 0 Å². The van der Waals surface area contributed by atoms with Crippen molar-refractivity contribution in [3.05, 3.63) is 62.3 Å². The summed E-state index contributed by atoms with van der Waals surface area (Å²) in [6.07, 6.45) is 5.84. The lowest BCUT2D eigenvalue weighted by molar-refractivity contribution is 0.0601. The van der Waals surface area contributed by atoms with Crippen molar-refractivity contribution < 1.29 is 13.9 Å². The summed E-state index contributed by atoms with van der Waals surface area (Å²) < 4.78 is 20.6. The molecule has 6 nitrogen and oxygen atoms in total. The molecule has 4 rings (SSSR count). The van der Waals surface area contributed by atoms with Gasteiger partial charge in [0.05, 0.1) is 23.7 Å². The molecule has 0 radical (unpaired) electrons. The van der Waals surface area contributed by atoms with Crippen LogP contribution in [0.2, 0.25) is 0 Å². The molecule has 0 bridgehead atoms. The van der Waals surface area contributed by atoms with Gasteiger partial charge < -0.3 is 15.4 Å². The Morgan fingerprint density at radius 2 is 2.03 bits per heavy atom. The molecule has 0 saturated heterocycles. The molecule has 1 aromatic carbocycles. The highest BCUT2D eigenvalue weighted by Crippen LogP contribution is 2.38. The van der Waals surface area contributed by atoms with E-state index in [2.05, 4.69) is 31.7 Å². The normalized spacial score (nSPS) is 12.9. The Hall–Kier alpha value is -2.30. The molecule has 2 heterocycles. The lowest BCUT2D eigenvalue weighted by Crippen LogP contribution is -2.21. The Labute approximate surface area is 196 Å². The number of fused-ring (bicyclic) bond motifs is 1. The van der Waals surface area contributed by atoms with Crippen LogP contribution >= 0.6 is 39.5 Å². The zero-order valence-corrected chi connectivity index (χ0v) is 19.9. The number of esters is 1. The second-order valence-electron chi connectivity index (χ2n) is 7.14. The molecule has 2 N–H and O–H groups in total. The second-order valence-corrected chi connectivity index (χ2v) is 9.50. The minimum atomic E-state index is -0.352. The van der Waals surface area contributed by atoms with Gasteiger partial charge in [-0.3, -0.25) is 4.68 Å². The van der Waals surface area contributed by atoms with Gasteiger partial charge in [-0.25, -0.2) is 9.18 Å². The highest BCUT2D eigenvalue weighted by molar-refractivity contribution is 9.10. The first kappa shape index (κ1) is 21.9. The SMILES string of the molecule is COC(=O)c1c(NC(=S)Nc2nn(Cc3ccc(F)cc3)cc2Br)sc2c1CCCC2. The third-order valence-corrected chi connectivity index (χ3v) is 6.99. The number of anilines is 2. The fourth-order valence-corrected chi connectivity index (χ4v) is 5.51. The first-order valence-corrected chi connectivity index (χ1v) is 11.7. The van der Waals surface area contributed by atoms with E-state index < -0.39 is 0 Å². The lowest BCUT2D eigenvalue weighted by atomic mass is 9.95. The highest BCUT2D eigenvalue weighted by Gasteiger charge is 2.26. The molecule has 3 aromatic rings. The molecular formula is C21H20BrFN4O2S2. The molecule has 31 heavy (non-hydrogen) atoms. The maximum atomic E-state index is 13.1. The summed E-state index contributed by atoms with van der Waals surface area (Å²) in [5.74, 6) is -0.0826. The predicted octanol–water partition coefficient (Wildman–Crippen LogP) is 5.37. The summed E-state index contributed by atoms with van der Waals surface area (Å²) in [5.41, 5.74) is 2.57. The van der Waals surface area contributed by atoms with Crippen molar-refractivity contribution in [2.24, 2.45) is 0 Å². The molecule has 1 aliphatic carbocycles. The van der Waals surface area contributed by atoms with E-state index in [4.69, 9.17) is 17.0 Å². The van der Waals surface area contributed by atoms with Crippen LogP contribution in [0.4, 0.5) is 15.2 Å². The third-order valence-electron chi connectivity index (χ3n) is 4.99. The molecule has 162 valence electrons. The van der Waals surface area contributed by atoms with Crippen LogP contribution in [-0.4, -0.2) is 28.0 Å². The summed E-state index contributed by atoms with van der Waals surface area (Å²) in [4.78, 5) is 13.6. The average molecular weight is 523 g/mol. The fraction of sp³-hybridized carbons (Fsp3) is 0.286. The number of aryl methyl sites for hydroxylation is 1. The summed E-state index contributed by atoms with van der Waals surface area (Å²) in [6.45, 7) is 0.491. The van der Waals surface area contributed by atoms with E-state index in [-0.39, 0.29) is 11.8 Å². The Bertz CT molecular complexity index is 1130. The van der Waals surface area contributed by atoms with Crippen LogP contribution in [-0.2, 0) is 24.1 Å². The number of methoxy groups -OCH3 is 1. The average Bonchev–Trinajstić information content (AvgIpc) is 3.28. The molecular weight excluding hydrogens is 503 g/mol. The van der Waals surface area contributed by atoms with Gasteiger partial charge >= 0.3 is 5.97 Å². The van der Waals surface area contributed by atoms with Gasteiger partial charge in [0.25, 0.3) is 0 Å². The molecule has 0 amide bonds. The third kappa shape index (κ3) is 4.97. The van der Waals surface area contributed by atoms with E-state index in [0.29, 0.717) is 28.0 Å². The molecule has 10 heteroatoms. The Kier molecular flexibility index (Phi) is 6.68. The number of hydrogen-bond acceptors (Lipinski definition) is 5. The molecule has 2 aromatic heterocycles. The zero-order valence-electron chi connectivity index (χ0n) is 16.7. The van der Waals surface area contributed by atoms with Crippen molar-refractivity contribution in [1.29, 1.82) is 0 Å². The van der Waals surface area contributed by atoms with E-state index in [0.717, 1.165) is 41.3 Å². The minimum Gasteiger partial charge on any atom is -0.465 e. The largest absolute Gasteiger partial charge is 0.465 e. The Balaban J connectivity index is 1.48. The molecule has 0 unspecified atom stereocenters. The first-order chi connectivity index (χ1) is 14.9. The molecule has 0 spiro atoms. The number of rotatable bonds is 5. The van der Waals surface area contributed by atoms with Crippen molar-refractivity contribution in [3.8, 4) is 0 Å². The monoisotopic (exact) mass is 522 g/mol. The van der Waals surface area contributed by atoms with E-state index in [1.54, 1.807) is 28.2 Å². The van der Waals surface area contributed by atoms with Gasteiger partial charge in [0.1, 0.15) is 10.8 Å². The summed E-state index contributed by atoms with van der Waals surface area (Å²) in [5, 5.41) is 11.7. The number of nitrogens with zero attached hydrogens (tertiary/aromatic N) is 2. The number of thiophene rings is 1. The van der Waals surface area contributed by atoms with Gasteiger partial charge in [-0.1, -0.05) is 12.1 Å². The predicted molar refractivity (Wildman–Crippen MR) is 128 cm³/mol. The zero-order chi connectivity index (χ0) is 22.0. The molecule has 0 saturated carbocycles. The molecule has 0 fully saturated rings. The van der Waals surface area contributed by atoms with Gasteiger partial charge in [0.2, 0.25) is 0 Å². The number of carbonyl (C=O) groups excluding carboxylic acids is 1. The number of ether oxygens (including phenoxy) is 1. The van der Waals surface area contributed by atoms with E-state index in [1.807, 2.05) is 6.20 Å². The van der Waals surface area contributed by atoms with Crippen LogP contribution in [0.5, 0.6) is 0 Å². The number of nitrogens with one attached hydrogen (secondary N) is 2. The smallest absolute Gasteiger partial charge is 0.341 e. The topological polar surface area (TPSA) is 68.2 Å². The van der Waals surface area contributed by atoms with E-state index >= 15 is 0 Å². The van der Waals surface area contributed by atoms with Crippen molar-refractivity contribution in [2.45, 2.75) is 32.2 Å². The van der Waals surface area contributed by atoms with E-state index in [9.17, 15) is 9.18 Å². The maximum Gasteiger partial charge on any atom is 0.341 e. The van der Waals surface area contributed by atoms with Crippen molar-refractivity contribution >= 4 is 61.4 Å². The van der Waals surface area contributed by atoms with Crippen LogP contribution in [0, 0.1) is 5.82 Å². The molecule has 1 aliphatic rings. The summed E-state index contributed by atoms with van der Waals surface area (Å²) in [6, 6.07) is 6.28. The van der Waals surface area contributed by atoms with Crippen LogP contribution in [0.15, 0.2) is 34.9 Å². The number of carbonyl (C=O) groups is 1. The van der Waals surface area contributed by atoms with Gasteiger partial charge in [-0.05, 0) is 77.1 Å². The minimum absolute atomic E-state index is 0.272. The second kappa shape index (κ2) is 9.46. The Morgan fingerprint density at radius 3 is 2.77 bits per heavy atom. The van der Waals surface area contributed by atoms with Crippen LogP contribution in [0.1, 0.15) is 39.2 Å². The van der Waals surface area contributed by atoms with Gasteiger partial charge in [0.15, 0.2) is 10.9 Å². The number of hydrogen-bond donors (Lipinski definition) is 2. The van der Waals surface area contributed by atoms with Gasteiger partial charge in [0, 0.05) is 11.1 Å². The maximum absolute atomic E-state index is 13.1. The summed E-state index contributed by atoms with van der Waals surface area (Å²) >= 11 is 10.5. The van der Waals surface area contributed by atoms with Crippen LogP contribution in [0.25, 0.3) is 0 Å². The van der Waals surface area contributed by atoms with Gasteiger partial charge in [-0.15, -0.1) is 11.3 Å². The number of benzene rings is 1. The molecule has 0 atom stereocenters. The van der Waals surface area contributed by atoms with Gasteiger partial charge in [-0.2, -0.15) is 5.10 Å².